The number of nitrogens with zero attached hydrogens (tertiary/aromatic N) is 2. The molecule has 0 spiro atoms. The van der Waals surface area contributed by atoms with Gasteiger partial charge in [-0.1, -0.05) is 12.5 Å². The lowest BCUT2D eigenvalue weighted by molar-refractivity contribution is -0.152. The molecule has 0 saturated carbocycles. The molecule has 0 aromatic carbocycles. The molecule has 12 nitrogen and oxygen atoms in total. The van der Waals surface area contributed by atoms with E-state index in [0.29, 0.717) is 36.4 Å². The largest absolute Gasteiger partial charge is 0.472 e. The minimum atomic E-state index is -1.99. The molecule has 2 aliphatic heterocycles. The van der Waals surface area contributed by atoms with Crippen molar-refractivity contribution < 1.29 is 46.0 Å². The highest BCUT2D eigenvalue weighted by atomic mass is 28.4. The van der Waals surface area contributed by atoms with E-state index in [9.17, 15) is 4.79 Å². The number of ether oxygens (including phenoxy) is 4. The zero-order chi connectivity index (χ0) is 37.0. The smallest absolute Gasteiger partial charge is 0.302 e. The van der Waals surface area contributed by atoms with Gasteiger partial charge in [0.15, 0.2) is 30.7 Å². The second-order valence-electron chi connectivity index (χ2n) is 16.7. The molecule has 8 atom stereocenters. The third-order valence-electron chi connectivity index (χ3n) is 8.40. The van der Waals surface area contributed by atoms with Gasteiger partial charge in [-0.25, -0.2) is 4.98 Å². The van der Waals surface area contributed by atoms with Gasteiger partial charge < -0.3 is 41.2 Å². The van der Waals surface area contributed by atoms with Crippen LogP contribution in [-0.2, 0) is 32.3 Å². The van der Waals surface area contributed by atoms with Gasteiger partial charge in [-0.2, -0.15) is 0 Å². The molecule has 50 heavy (non-hydrogen) atoms. The van der Waals surface area contributed by atoms with Crippen molar-refractivity contribution in [3.05, 3.63) is 23.7 Å². The van der Waals surface area contributed by atoms with Crippen molar-refractivity contribution in [3.63, 3.8) is 0 Å². The quantitative estimate of drug-likeness (QED) is 0.0643. The van der Waals surface area contributed by atoms with Crippen molar-refractivity contribution in [3.8, 4) is 17.4 Å². The van der Waals surface area contributed by atoms with E-state index in [1.807, 2.05) is 6.08 Å². The van der Waals surface area contributed by atoms with Gasteiger partial charge >= 0.3 is 5.97 Å². The van der Waals surface area contributed by atoms with Crippen LogP contribution < -0.4 is 4.74 Å². The molecule has 282 valence electrons. The number of hydrogen-bond acceptors (Lipinski definition) is 12. The molecule has 0 amide bonds. The number of esters is 1. The van der Waals surface area contributed by atoms with Gasteiger partial charge in [0, 0.05) is 24.9 Å². The van der Waals surface area contributed by atoms with Crippen LogP contribution in [0.25, 0.3) is 17.6 Å². The van der Waals surface area contributed by atoms with Crippen molar-refractivity contribution in [2.24, 2.45) is 11.8 Å². The average Bonchev–Trinajstić information content (AvgIpc) is 3.32. The summed E-state index contributed by atoms with van der Waals surface area (Å²) in [5, 5.41) is 3.90. The lowest BCUT2D eigenvalue weighted by Crippen LogP contribution is -2.58. The first-order valence-corrected chi connectivity index (χ1v) is 28.1. The Labute approximate surface area is 301 Å². The molecule has 0 N–H and O–H groups in total. The standard InChI is InChI=1S/C35H60N2O10Si3/c1-22(17-31-36-20-30(42-31)27-19-32(37-44-27)40-15-14-39-25(4)38)16-28-35(47-50(11,12)13)34(46-49(8,9)10)26(21-41-28)18-29-33(43-29)23(2)24(3)45-48(5,6)7/h17,19-20,23-24,26,28-29,33-35H,14-16,18,21H2,1-13H3/b22-17+/t23-,24-,26-,28-,29-,33-,34+,35-/m0/s1. The maximum atomic E-state index is 10.9. The first-order chi connectivity index (χ1) is 23.2. The zero-order valence-electron chi connectivity index (χ0n) is 32.4. The summed E-state index contributed by atoms with van der Waals surface area (Å²) in [6, 6.07) is 1.61. The molecule has 2 aliphatic rings. The average molecular weight is 753 g/mol. The molecular weight excluding hydrogens is 693 g/mol. The Bertz CT molecular complexity index is 1430. The molecule has 2 fully saturated rings. The molecule has 0 aliphatic carbocycles. The predicted octanol–water partition coefficient (Wildman–Crippen LogP) is 7.55. The van der Waals surface area contributed by atoms with E-state index in [4.69, 9.17) is 41.2 Å². The lowest BCUT2D eigenvalue weighted by atomic mass is 9.85. The van der Waals surface area contributed by atoms with Crippen molar-refractivity contribution in [2.45, 2.75) is 136 Å². The van der Waals surface area contributed by atoms with Crippen LogP contribution in [0.3, 0.4) is 0 Å². The third kappa shape index (κ3) is 12.8. The summed E-state index contributed by atoms with van der Waals surface area (Å²) in [4.78, 5) is 15.4. The highest BCUT2D eigenvalue weighted by Gasteiger charge is 2.51. The number of aromatic nitrogens is 2. The summed E-state index contributed by atoms with van der Waals surface area (Å²) in [5.41, 5.74) is 1.04. The van der Waals surface area contributed by atoms with Crippen LogP contribution in [0, 0.1) is 11.8 Å². The van der Waals surface area contributed by atoms with Crippen LogP contribution in [0.15, 0.2) is 26.8 Å². The minimum absolute atomic E-state index is 0.0963. The molecule has 2 aromatic heterocycles. The SMILES string of the molecule is CC(=O)OCCOc1cc(-c2cnc(/C=C(\C)C[C@@H]3OC[C@H](C[C@@H]4O[C@H]4[C@@H](C)[C@H](C)O[Si](C)(C)C)[C@@H](O[Si](C)(C)C)[C@H]3O[Si](C)(C)C)o2)on1. The van der Waals surface area contributed by atoms with E-state index < -0.39 is 25.0 Å². The Morgan fingerprint density at radius 1 is 0.940 bits per heavy atom. The second-order valence-corrected chi connectivity index (χ2v) is 30.0. The van der Waals surface area contributed by atoms with Gasteiger partial charge in [-0.15, -0.1) is 0 Å². The molecule has 4 heterocycles. The highest BCUT2D eigenvalue weighted by Crippen LogP contribution is 2.42. The lowest BCUT2D eigenvalue weighted by Gasteiger charge is -2.47. The number of rotatable bonds is 18. The molecule has 0 radical (unpaired) electrons. The van der Waals surface area contributed by atoms with Crippen LogP contribution >= 0.6 is 0 Å². The Balaban J connectivity index is 1.44. The van der Waals surface area contributed by atoms with Crippen LogP contribution in [0.1, 0.15) is 46.4 Å². The summed E-state index contributed by atoms with van der Waals surface area (Å²) in [5.74, 6) is 1.60. The summed E-state index contributed by atoms with van der Waals surface area (Å²) in [6.45, 7) is 28.8. The maximum Gasteiger partial charge on any atom is 0.302 e. The minimum Gasteiger partial charge on any atom is -0.472 e. The van der Waals surface area contributed by atoms with E-state index in [0.717, 1.165) is 12.0 Å². The Morgan fingerprint density at radius 2 is 1.62 bits per heavy atom. The van der Waals surface area contributed by atoms with Gasteiger partial charge in [-0.05, 0) is 96.8 Å². The fourth-order valence-electron chi connectivity index (χ4n) is 6.29. The van der Waals surface area contributed by atoms with Crippen LogP contribution in [0.2, 0.25) is 58.9 Å². The highest BCUT2D eigenvalue weighted by molar-refractivity contribution is 6.70. The van der Waals surface area contributed by atoms with Gasteiger partial charge in [0.2, 0.25) is 11.7 Å². The Morgan fingerprint density at radius 3 is 2.26 bits per heavy atom. The summed E-state index contributed by atoms with van der Waals surface area (Å²) in [6.07, 6.45) is 5.01. The van der Waals surface area contributed by atoms with Gasteiger partial charge in [0.05, 0.1) is 49.4 Å². The normalized spacial score (nSPS) is 26.1. The van der Waals surface area contributed by atoms with Crippen molar-refractivity contribution in [1.82, 2.24) is 10.1 Å². The molecule has 0 bridgehead atoms. The van der Waals surface area contributed by atoms with E-state index in [-0.39, 0.29) is 67.6 Å². The van der Waals surface area contributed by atoms with Crippen LogP contribution in [0.5, 0.6) is 5.88 Å². The predicted molar refractivity (Wildman–Crippen MR) is 198 cm³/mol. The van der Waals surface area contributed by atoms with E-state index >= 15 is 0 Å². The zero-order valence-corrected chi connectivity index (χ0v) is 35.4. The summed E-state index contributed by atoms with van der Waals surface area (Å²) >= 11 is 0. The van der Waals surface area contributed by atoms with E-state index in [1.54, 1.807) is 12.3 Å². The number of carbonyl (C=O) groups excluding carboxylic acids is 1. The number of oxazole rings is 1. The molecule has 15 heteroatoms. The maximum absolute atomic E-state index is 10.9. The van der Waals surface area contributed by atoms with Crippen LogP contribution in [-0.4, -0.2) is 97.5 Å². The van der Waals surface area contributed by atoms with E-state index in [1.165, 1.54) is 6.92 Å². The topological polar surface area (TPSA) is 137 Å². The second kappa shape index (κ2) is 16.7. The third-order valence-corrected chi connectivity index (χ3v) is 11.4. The molecular formula is C35H60N2O10Si3. The fraction of sp³-hybridized carbons (Fsp3) is 0.743. The van der Waals surface area contributed by atoms with E-state index in [2.05, 4.69) is 89.8 Å². The Kier molecular flexibility index (Phi) is 13.6. The fourth-order valence-corrected chi connectivity index (χ4v) is 9.86. The molecule has 4 rings (SSSR count). The van der Waals surface area contributed by atoms with Crippen LogP contribution in [0.4, 0.5) is 0 Å². The molecule has 2 aromatic rings. The van der Waals surface area contributed by atoms with Crippen molar-refractivity contribution in [1.29, 1.82) is 0 Å². The van der Waals surface area contributed by atoms with Gasteiger partial charge in [0.25, 0.3) is 5.88 Å². The Hall–Kier alpha value is -2.12. The molecule has 2 saturated heterocycles. The van der Waals surface area contributed by atoms with Crippen molar-refractivity contribution in [2.75, 3.05) is 19.8 Å². The number of epoxide rings is 1. The summed E-state index contributed by atoms with van der Waals surface area (Å²) in [7, 11) is -5.58. The summed E-state index contributed by atoms with van der Waals surface area (Å²) < 4.78 is 55.0. The van der Waals surface area contributed by atoms with Crippen molar-refractivity contribution >= 4 is 37.0 Å². The monoisotopic (exact) mass is 752 g/mol. The first-order valence-electron chi connectivity index (χ1n) is 17.8. The van der Waals surface area contributed by atoms with Gasteiger partial charge in [0.1, 0.15) is 13.2 Å². The number of hydrogen-bond donors (Lipinski definition) is 0. The molecule has 0 unspecified atom stereocenters. The number of carbonyl (C=O) groups is 1. The van der Waals surface area contributed by atoms with Gasteiger partial charge in [-0.3, -0.25) is 4.79 Å². The first kappa shape index (κ1) is 40.6.